The average Bonchev–Trinajstić information content (AvgIpc) is 2.86. The molecule has 0 aliphatic heterocycles. The predicted octanol–water partition coefficient (Wildman–Crippen LogP) is 1.26. The Labute approximate surface area is 149 Å². The SMILES string of the molecule is CC(=O)c1c(C)nn(CC(=O)NCc2nc3ccccc3c(=O)[nH]2)c1C. The third-order valence-electron chi connectivity index (χ3n) is 4.14. The summed E-state index contributed by atoms with van der Waals surface area (Å²) in [7, 11) is 0. The van der Waals surface area contributed by atoms with Gasteiger partial charge >= 0.3 is 0 Å². The van der Waals surface area contributed by atoms with Crippen molar-refractivity contribution in [3.63, 3.8) is 0 Å². The summed E-state index contributed by atoms with van der Waals surface area (Å²) in [6.07, 6.45) is 0. The second kappa shape index (κ2) is 6.91. The molecule has 3 aromatic rings. The van der Waals surface area contributed by atoms with E-state index in [4.69, 9.17) is 0 Å². The summed E-state index contributed by atoms with van der Waals surface area (Å²) in [6.45, 7) is 5.05. The summed E-state index contributed by atoms with van der Waals surface area (Å²) in [5, 5.41) is 7.45. The number of hydrogen-bond donors (Lipinski definition) is 2. The highest BCUT2D eigenvalue weighted by Gasteiger charge is 2.16. The normalized spacial score (nSPS) is 10.9. The maximum atomic E-state index is 12.2. The second-order valence-corrected chi connectivity index (χ2v) is 6.07. The Hall–Kier alpha value is -3.29. The molecule has 0 saturated heterocycles. The largest absolute Gasteiger partial charge is 0.347 e. The quantitative estimate of drug-likeness (QED) is 0.671. The van der Waals surface area contributed by atoms with Crippen LogP contribution in [0.1, 0.15) is 34.5 Å². The molecule has 0 radical (unpaired) electrons. The number of rotatable bonds is 5. The van der Waals surface area contributed by atoms with Crippen LogP contribution in [-0.4, -0.2) is 31.4 Å². The average molecular weight is 353 g/mol. The number of aromatic nitrogens is 4. The lowest BCUT2D eigenvalue weighted by Crippen LogP contribution is -2.29. The summed E-state index contributed by atoms with van der Waals surface area (Å²) >= 11 is 0. The number of carbonyl (C=O) groups is 2. The summed E-state index contributed by atoms with van der Waals surface area (Å²) in [4.78, 5) is 42.9. The lowest BCUT2D eigenvalue weighted by atomic mass is 10.1. The van der Waals surface area contributed by atoms with E-state index in [0.29, 0.717) is 33.7 Å². The van der Waals surface area contributed by atoms with Gasteiger partial charge in [0.15, 0.2) is 5.78 Å². The van der Waals surface area contributed by atoms with Gasteiger partial charge in [-0.15, -0.1) is 0 Å². The number of carbonyl (C=O) groups excluding carboxylic acids is 2. The first-order valence-electron chi connectivity index (χ1n) is 8.16. The summed E-state index contributed by atoms with van der Waals surface area (Å²) in [5.41, 5.74) is 2.12. The van der Waals surface area contributed by atoms with E-state index in [1.165, 1.54) is 11.6 Å². The topological polar surface area (TPSA) is 110 Å². The van der Waals surface area contributed by atoms with Crippen LogP contribution in [0.15, 0.2) is 29.1 Å². The monoisotopic (exact) mass is 353 g/mol. The van der Waals surface area contributed by atoms with Crippen molar-refractivity contribution in [3.8, 4) is 0 Å². The molecule has 0 atom stereocenters. The molecular formula is C18H19N5O3. The molecule has 26 heavy (non-hydrogen) atoms. The van der Waals surface area contributed by atoms with Gasteiger partial charge in [0.1, 0.15) is 12.4 Å². The Morgan fingerprint density at radius 2 is 1.96 bits per heavy atom. The molecule has 8 nitrogen and oxygen atoms in total. The van der Waals surface area contributed by atoms with Crippen LogP contribution in [0, 0.1) is 13.8 Å². The van der Waals surface area contributed by atoms with Gasteiger partial charge in [0, 0.05) is 5.69 Å². The first-order chi connectivity index (χ1) is 12.4. The van der Waals surface area contributed by atoms with Crippen LogP contribution in [0.5, 0.6) is 0 Å². The predicted molar refractivity (Wildman–Crippen MR) is 95.9 cm³/mol. The Balaban J connectivity index is 1.71. The minimum Gasteiger partial charge on any atom is -0.347 e. The lowest BCUT2D eigenvalue weighted by Gasteiger charge is -2.07. The van der Waals surface area contributed by atoms with E-state index in [9.17, 15) is 14.4 Å². The van der Waals surface area contributed by atoms with Gasteiger partial charge < -0.3 is 10.3 Å². The van der Waals surface area contributed by atoms with Crippen LogP contribution >= 0.6 is 0 Å². The number of para-hydroxylation sites is 1. The van der Waals surface area contributed by atoms with E-state index in [1.807, 2.05) is 0 Å². The fraction of sp³-hybridized carbons (Fsp3) is 0.278. The van der Waals surface area contributed by atoms with Crippen LogP contribution in [0.2, 0.25) is 0 Å². The number of amides is 1. The van der Waals surface area contributed by atoms with Crippen LogP contribution in [0.25, 0.3) is 10.9 Å². The fourth-order valence-electron chi connectivity index (χ4n) is 2.95. The number of aryl methyl sites for hydroxylation is 1. The molecule has 0 aliphatic rings. The smallest absolute Gasteiger partial charge is 0.258 e. The maximum Gasteiger partial charge on any atom is 0.258 e. The zero-order chi connectivity index (χ0) is 18.8. The van der Waals surface area contributed by atoms with Crippen molar-refractivity contribution in [2.24, 2.45) is 0 Å². The van der Waals surface area contributed by atoms with Gasteiger partial charge in [-0.1, -0.05) is 12.1 Å². The molecule has 2 N–H and O–H groups in total. The highest BCUT2D eigenvalue weighted by Crippen LogP contribution is 2.13. The van der Waals surface area contributed by atoms with Crippen molar-refractivity contribution in [2.45, 2.75) is 33.9 Å². The first-order valence-corrected chi connectivity index (χ1v) is 8.16. The molecule has 134 valence electrons. The number of fused-ring (bicyclic) bond motifs is 1. The Kier molecular flexibility index (Phi) is 4.66. The van der Waals surface area contributed by atoms with E-state index in [1.54, 1.807) is 38.1 Å². The number of hydrogen-bond acceptors (Lipinski definition) is 5. The van der Waals surface area contributed by atoms with Crippen LogP contribution in [0.4, 0.5) is 0 Å². The van der Waals surface area contributed by atoms with Gasteiger partial charge in [0.2, 0.25) is 5.91 Å². The van der Waals surface area contributed by atoms with Crippen LogP contribution < -0.4 is 10.9 Å². The Morgan fingerprint density at radius 3 is 2.65 bits per heavy atom. The number of H-pyrrole nitrogens is 1. The standard InChI is InChI=1S/C18H19N5O3/c1-10-17(12(3)24)11(2)23(22-10)9-16(25)19-8-15-20-14-7-5-4-6-13(14)18(26)21-15/h4-7H,8-9H2,1-3H3,(H,19,25)(H,20,21,26). The summed E-state index contributed by atoms with van der Waals surface area (Å²) in [6, 6.07) is 7.00. The van der Waals surface area contributed by atoms with E-state index in [0.717, 1.165) is 0 Å². The molecule has 2 heterocycles. The molecule has 0 bridgehead atoms. The van der Waals surface area contributed by atoms with Gasteiger partial charge in [0.05, 0.1) is 28.7 Å². The van der Waals surface area contributed by atoms with Gasteiger partial charge in [-0.3, -0.25) is 19.1 Å². The number of aromatic amines is 1. The van der Waals surface area contributed by atoms with Crippen molar-refractivity contribution >= 4 is 22.6 Å². The number of nitrogens with one attached hydrogen (secondary N) is 2. The Bertz CT molecular complexity index is 1060. The molecular weight excluding hydrogens is 334 g/mol. The van der Waals surface area contributed by atoms with Crippen LogP contribution in [-0.2, 0) is 17.9 Å². The molecule has 2 aromatic heterocycles. The molecule has 0 aliphatic carbocycles. The second-order valence-electron chi connectivity index (χ2n) is 6.07. The van der Waals surface area contributed by atoms with Gasteiger partial charge in [-0.25, -0.2) is 4.98 Å². The third-order valence-corrected chi connectivity index (χ3v) is 4.14. The van der Waals surface area contributed by atoms with Crippen molar-refractivity contribution in [3.05, 3.63) is 57.4 Å². The van der Waals surface area contributed by atoms with E-state index in [-0.39, 0.29) is 30.3 Å². The van der Waals surface area contributed by atoms with Crippen molar-refractivity contribution in [2.75, 3.05) is 0 Å². The molecule has 3 rings (SSSR count). The minimum absolute atomic E-state index is 0.0161. The first kappa shape index (κ1) is 17.5. The highest BCUT2D eigenvalue weighted by atomic mass is 16.2. The number of ketones is 1. The molecule has 0 fully saturated rings. The summed E-state index contributed by atoms with van der Waals surface area (Å²) < 4.78 is 1.50. The zero-order valence-electron chi connectivity index (χ0n) is 14.8. The van der Waals surface area contributed by atoms with Crippen molar-refractivity contribution in [1.29, 1.82) is 0 Å². The van der Waals surface area contributed by atoms with Gasteiger partial charge in [-0.2, -0.15) is 5.10 Å². The molecule has 1 aromatic carbocycles. The van der Waals surface area contributed by atoms with Crippen molar-refractivity contribution < 1.29 is 9.59 Å². The fourth-order valence-corrected chi connectivity index (χ4v) is 2.95. The number of benzene rings is 1. The lowest BCUT2D eigenvalue weighted by molar-refractivity contribution is -0.122. The van der Waals surface area contributed by atoms with Crippen molar-refractivity contribution in [1.82, 2.24) is 25.1 Å². The van der Waals surface area contributed by atoms with Gasteiger partial charge in [0.25, 0.3) is 5.56 Å². The molecule has 8 heteroatoms. The molecule has 0 unspecified atom stereocenters. The molecule has 1 amide bonds. The van der Waals surface area contributed by atoms with Crippen LogP contribution in [0.3, 0.4) is 0 Å². The number of nitrogens with zero attached hydrogens (tertiary/aromatic N) is 3. The third kappa shape index (κ3) is 3.39. The highest BCUT2D eigenvalue weighted by molar-refractivity contribution is 5.96. The maximum absolute atomic E-state index is 12.2. The summed E-state index contributed by atoms with van der Waals surface area (Å²) in [5.74, 6) is 0.00551. The van der Waals surface area contributed by atoms with E-state index < -0.39 is 0 Å². The zero-order valence-corrected chi connectivity index (χ0v) is 14.8. The van der Waals surface area contributed by atoms with E-state index in [2.05, 4.69) is 20.4 Å². The molecule has 0 saturated carbocycles. The number of Topliss-reactive ketones (excluding diaryl/α,β-unsaturated/α-hetero) is 1. The molecule has 0 spiro atoms. The van der Waals surface area contributed by atoms with Gasteiger partial charge in [-0.05, 0) is 32.9 Å². The Morgan fingerprint density at radius 1 is 1.23 bits per heavy atom. The van der Waals surface area contributed by atoms with E-state index >= 15 is 0 Å². The minimum atomic E-state index is -0.290.